The van der Waals surface area contributed by atoms with Crippen molar-refractivity contribution in [1.82, 2.24) is 0 Å². The molecule has 4 nitrogen and oxygen atoms in total. The van der Waals surface area contributed by atoms with Crippen LogP contribution in [-0.2, 0) is 14.3 Å². The highest BCUT2D eigenvalue weighted by atomic mass is 16.5. The minimum atomic E-state index is -0.264. The molecule has 21 heavy (non-hydrogen) atoms. The molecule has 1 rings (SSSR count). The number of hydrogen-bond donors (Lipinski definition) is 0. The Morgan fingerprint density at radius 1 is 1.00 bits per heavy atom. The van der Waals surface area contributed by atoms with E-state index in [-0.39, 0.29) is 11.9 Å². The Hall–Kier alpha value is -1.84. The number of hydrogen-bond acceptors (Lipinski definition) is 4. The minimum absolute atomic E-state index is 0.195. The number of carbonyl (C=O) groups excluding carboxylic acids is 2. The number of benzene rings is 1. The van der Waals surface area contributed by atoms with Gasteiger partial charge in [0.25, 0.3) is 0 Å². The molecule has 0 unspecified atom stereocenters. The topological polar surface area (TPSA) is 52.6 Å². The van der Waals surface area contributed by atoms with E-state index in [1.54, 1.807) is 6.07 Å². The van der Waals surface area contributed by atoms with Crippen LogP contribution < -0.4 is 4.74 Å². The highest BCUT2D eigenvalue weighted by molar-refractivity contribution is 5.72. The van der Waals surface area contributed by atoms with E-state index < -0.39 is 0 Å². The van der Waals surface area contributed by atoms with Crippen LogP contribution in [-0.4, -0.2) is 18.5 Å². The van der Waals surface area contributed by atoms with E-state index in [0.717, 1.165) is 12.0 Å². The van der Waals surface area contributed by atoms with Crippen molar-refractivity contribution in [3.63, 3.8) is 0 Å². The Morgan fingerprint density at radius 3 is 2.29 bits per heavy atom. The first-order valence-electron chi connectivity index (χ1n) is 7.46. The molecule has 0 atom stereocenters. The van der Waals surface area contributed by atoms with E-state index >= 15 is 0 Å². The zero-order valence-corrected chi connectivity index (χ0v) is 13.1. The highest BCUT2D eigenvalue weighted by Gasteiger charge is 2.07. The van der Waals surface area contributed by atoms with Crippen LogP contribution in [0, 0.1) is 13.8 Å². The summed E-state index contributed by atoms with van der Waals surface area (Å²) in [5, 5.41) is 0. The lowest BCUT2D eigenvalue weighted by molar-refractivity contribution is -0.144. The van der Waals surface area contributed by atoms with Gasteiger partial charge in [-0.15, -0.1) is 0 Å². The van der Waals surface area contributed by atoms with Gasteiger partial charge in [-0.05, 0) is 56.4 Å². The first-order valence-corrected chi connectivity index (χ1v) is 7.46. The molecule has 1 aromatic rings. The molecule has 0 spiro atoms. The van der Waals surface area contributed by atoms with Crippen LogP contribution in [0.4, 0.5) is 0 Å². The Kier molecular flexibility index (Phi) is 7.51. The van der Waals surface area contributed by atoms with E-state index in [9.17, 15) is 9.59 Å². The molecule has 0 aromatic heterocycles. The SMILES string of the molecule is CCCOC(=O)CCCCC(=O)Oc1ccc(C)c(C)c1. The third kappa shape index (κ3) is 6.93. The summed E-state index contributed by atoms with van der Waals surface area (Å²) in [4.78, 5) is 23.0. The molecule has 0 amide bonds. The zero-order valence-electron chi connectivity index (χ0n) is 13.1. The summed E-state index contributed by atoms with van der Waals surface area (Å²) in [7, 11) is 0. The third-order valence-electron chi connectivity index (χ3n) is 3.19. The number of rotatable bonds is 8. The maximum Gasteiger partial charge on any atom is 0.311 e. The van der Waals surface area contributed by atoms with Gasteiger partial charge in [-0.3, -0.25) is 9.59 Å². The first kappa shape index (κ1) is 17.2. The van der Waals surface area contributed by atoms with Crippen LogP contribution >= 0.6 is 0 Å². The maximum atomic E-state index is 11.7. The standard InChI is InChI=1S/C17H24O4/c1-4-11-20-16(18)7-5-6-8-17(19)21-15-10-9-13(2)14(3)12-15/h9-10,12H,4-8,11H2,1-3H3. The second-order valence-corrected chi connectivity index (χ2v) is 5.15. The van der Waals surface area contributed by atoms with Crippen molar-refractivity contribution in [2.45, 2.75) is 52.9 Å². The smallest absolute Gasteiger partial charge is 0.311 e. The lowest BCUT2D eigenvalue weighted by Gasteiger charge is -2.07. The summed E-state index contributed by atoms with van der Waals surface area (Å²) >= 11 is 0. The fourth-order valence-electron chi connectivity index (χ4n) is 1.79. The van der Waals surface area contributed by atoms with Gasteiger partial charge in [-0.25, -0.2) is 0 Å². The molecule has 0 N–H and O–H groups in total. The molecule has 0 fully saturated rings. The van der Waals surface area contributed by atoms with Gasteiger partial charge in [0.1, 0.15) is 5.75 Å². The van der Waals surface area contributed by atoms with Crippen LogP contribution in [0.15, 0.2) is 18.2 Å². The molecule has 0 aliphatic rings. The molecule has 0 saturated carbocycles. The predicted molar refractivity (Wildman–Crippen MR) is 81.3 cm³/mol. The third-order valence-corrected chi connectivity index (χ3v) is 3.19. The van der Waals surface area contributed by atoms with Crippen LogP contribution in [0.2, 0.25) is 0 Å². The van der Waals surface area contributed by atoms with Crippen molar-refractivity contribution < 1.29 is 19.1 Å². The van der Waals surface area contributed by atoms with Crippen LogP contribution in [0.5, 0.6) is 5.75 Å². The summed E-state index contributed by atoms with van der Waals surface area (Å²) in [6.45, 7) is 6.41. The Balaban J connectivity index is 2.22. The molecule has 1 aromatic carbocycles. The largest absolute Gasteiger partial charge is 0.466 e. The Morgan fingerprint density at radius 2 is 1.67 bits per heavy atom. The summed E-state index contributed by atoms with van der Waals surface area (Å²) < 4.78 is 10.2. The number of unbranched alkanes of at least 4 members (excludes halogenated alkanes) is 1. The van der Waals surface area contributed by atoms with Crippen LogP contribution in [0.3, 0.4) is 0 Å². The van der Waals surface area contributed by atoms with Gasteiger partial charge in [0.05, 0.1) is 6.61 Å². The van der Waals surface area contributed by atoms with Gasteiger partial charge >= 0.3 is 11.9 Å². The summed E-state index contributed by atoms with van der Waals surface area (Å²) in [6.07, 6.45) is 2.77. The monoisotopic (exact) mass is 292 g/mol. The van der Waals surface area contributed by atoms with Gasteiger partial charge < -0.3 is 9.47 Å². The van der Waals surface area contributed by atoms with Crippen molar-refractivity contribution >= 4 is 11.9 Å². The first-order chi connectivity index (χ1) is 10.0. The summed E-state index contributed by atoms with van der Waals surface area (Å²) in [5.74, 6) is 0.116. The van der Waals surface area contributed by atoms with Gasteiger partial charge in [0.15, 0.2) is 0 Å². The van der Waals surface area contributed by atoms with Gasteiger partial charge in [0, 0.05) is 12.8 Å². The number of carbonyl (C=O) groups is 2. The highest BCUT2D eigenvalue weighted by Crippen LogP contribution is 2.17. The number of esters is 2. The van der Waals surface area contributed by atoms with Crippen molar-refractivity contribution in [3.8, 4) is 5.75 Å². The fourth-order valence-corrected chi connectivity index (χ4v) is 1.79. The summed E-state index contributed by atoms with van der Waals surface area (Å²) in [5.41, 5.74) is 2.26. The van der Waals surface area contributed by atoms with E-state index in [1.165, 1.54) is 5.56 Å². The van der Waals surface area contributed by atoms with Gasteiger partial charge in [0.2, 0.25) is 0 Å². The Bertz CT molecular complexity index is 480. The molecule has 0 heterocycles. The molecule has 0 aliphatic carbocycles. The minimum Gasteiger partial charge on any atom is -0.466 e. The lowest BCUT2D eigenvalue weighted by Crippen LogP contribution is -2.09. The van der Waals surface area contributed by atoms with Crippen LogP contribution in [0.1, 0.15) is 50.2 Å². The fraction of sp³-hybridized carbons (Fsp3) is 0.529. The molecule has 4 heteroatoms. The molecule has 0 aliphatic heterocycles. The molecule has 0 bridgehead atoms. The molecular formula is C17H24O4. The molecule has 0 radical (unpaired) electrons. The molecular weight excluding hydrogens is 268 g/mol. The van der Waals surface area contributed by atoms with Gasteiger partial charge in [-0.1, -0.05) is 13.0 Å². The number of ether oxygens (including phenoxy) is 2. The van der Waals surface area contributed by atoms with Crippen molar-refractivity contribution in [1.29, 1.82) is 0 Å². The zero-order chi connectivity index (χ0) is 15.7. The van der Waals surface area contributed by atoms with E-state index in [4.69, 9.17) is 9.47 Å². The maximum absolute atomic E-state index is 11.7. The number of aryl methyl sites for hydroxylation is 2. The van der Waals surface area contributed by atoms with E-state index in [0.29, 0.717) is 38.0 Å². The van der Waals surface area contributed by atoms with Crippen molar-refractivity contribution in [3.05, 3.63) is 29.3 Å². The predicted octanol–water partition coefficient (Wildman–Crippen LogP) is 3.72. The normalized spacial score (nSPS) is 10.2. The second-order valence-electron chi connectivity index (χ2n) is 5.15. The summed E-state index contributed by atoms with van der Waals surface area (Å²) in [6, 6.07) is 5.58. The Labute approximate surface area is 126 Å². The quantitative estimate of drug-likeness (QED) is 0.416. The van der Waals surface area contributed by atoms with Gasteiger partial charge in [-0.2, -0.15) is 0 Å². The lowest BCUT2D eigenvalue weighted by atomic mass is 10.1. The average molecular weight is 292 g/mol. The average Bonchev–Trinajstić information content (AvgIpc) is 2.45. The van der Waals surface area contributed by atoms with Crippen molar-refractivity contribution in [2.75, 3.05) is 6.61 Å². The molecule has 0 saturated heterocycles. The van der Waals surface area contributed by atoms with Crippen molar-refractivity contribution in [2.24, 2.45) is 0 Å². The van der Waals surface area contributed by atoms with E-state index in [2.05, 4.69) is 0 Å². The second kappa shape index (κ2) is 9.16. The van der Waals surface area contributed by atoms with Crippen LogP contribution in [0.25, 0.3) is 0 Å². The van der Waals surface area contributed by atoms with E-state index in [1.807, 2.05) is 32.9 Å². The molecule has 116 valence electrons.